The lowest BCUT2D eigenvalue weighted by Crippen LogP contribution is -2.18. The fraction of sp³-hybridized carbons (Fsp3) is 0.857. The molecule has 2 atom stereocenters. The molecule has 0 unspecified atom stereocenters. The molecular weight excluding hydrogens is 162 g/mol. The minimum atomic E-state index is -0.898. The Morgan fingerprint density at radius 2 is 2.08 bits per heavy atom. The van der Waals surface area contributed by atoms with Crippen molar-refractivity contribution in [3.05, 3.63) is 10.1 Å². The van der Waals surface area contributed by atoms with Crippen LogP contribution in [0.25, 0.3) is 0 Å². The van der Waals surface area contributed by atoms with Crippen molar-refractivity contribution in [3.63, 3.8) is 0 Å². The third kappa shape index (κ3) is 4.65. The van der Waals surface area contributed by atoms with Gasteiger partial charge < -0.3 is 5.11 Å². The van der Waals surface area contributed by atoms with Crippen molar-refractivity contribution >= 4 is 5.97 Å². The average Bonchev–Trinajstić information content (AvgIpc) is 1.84. The Bertz CT molecular complexity index is 180. The lowest BCUT2D eigenvalue weighted by molar-refractivity contribution is -0.487. The molecule has 5 heteroatoms. The Kier molecular flexibility index (Phi) is 4.25. The molecule has 0 saturated heterocycles. The lowest BCUT2D eigenvalue weighted by Gasteiger charge is -2.09. The predicted octanol–water partition coefficient (Wildman–Crippen LogP) is 1.01. The fourth-order valence-electron chi connectivity index (χ4n) is 1.03. The maximum Gasteiger partial charge on any atom is 0.306 e. The van der Waals surface area contributed by atoms with E-state index in [2.05, 4.69) is 0 Å². The zero-order valence-corrected chi connectivity index (χ0v) is 7.19. The largest absolute Gasteiger partial charge is 0.481 e. The zero-order chi connectivity index (χ0) is 9.72. The number of hydrogen-bond acceptors (Lipinski definition) is 3. The molecule has 0 aliphatic heterocycles. The quantitative estimate of drug-likeness (QED) is 0.499. The molecule has 0 aromatic rings. The lowest BCUT2D eigenvalue weighted by atomic mass is 9.98. The second kappa shape index (κ2) is 4.69. The van der Waals surface area contributed by atoms with Crippen LogP contribution in [-0.2, 0) is 4.79 Å². The van der Waals surface area contributed by atoms with Gasteiger partial charge in [0.25, 0.3) is 0 Å². The first-order valence-electron chi connectivity index (χ1n) is 3.78. The van der Waals surface area contributed by atoms with E-state index in [9.17, 15) is 14.9 Å². The molecule has 0 heterocycles. The van der Waals surface area contributed by atoms with Crippen LogP contribution in [0.1, 0.15) is 20.3 Å². The number of carboxylic acids is 1. The van der Waals surface area contributed by atoms with E-state index in [1.54, 1.807) is 13.8 Å². The molecule has 70 valence electrons. The summed E-state index contributed by atoms with van der Waals surface area (Å²) < 4.78 is 0. The summed E-state index contributed by atoms with van der Waals surface area (Å²) in [5.41, 5.74) is 0. The van der Waals surface area contributed by atoms with E-state index in [4.69, 9.17) is 5.11 Å². The highest BCUT2D eigenvalue weighted by Crippen LogP contribution is 2.11. The Balaban J connectivity index is 3.76. The molecule has 0 bridgehead atoms. The third-order valence-corrected chi connectivity index (χ3v) is 1.64. The SMILES string of the molecule is C[C@@H](C[C@@H](C)C(=O)O)C[N+](=O)[O-]. The summed E-state index contributed by atoms with van der Waals surface area (Å²) in [5.74, 6) is -1.57. The zero-order valence-electron chi connectivity index (χ0n) is 7.19. The van der Waals surface area contributed by atoms with Gasteiger partial charge >= 0.3 is 5.97 Å². The summed E-state index contributed by atoms with van der Waals surface area (Å²) in [7, 11) is 0. The average molecular weight is 175 g/mol. The van der Waals surface area contributed by atoms with Crippen LogP contribution in [0.15, 0.2) is 0 Å². The van der Waals surface area contributed by atoms with Crippen LogP contribution in [-0.4, -0.2) is 22.5 Å². The summed E-state index contributed by atoms with van der Waals surface area (Å²) in [5, 5.41) is 18.5. The van der Waals surface area contributed by atoms with Crippen molar-refractivity contribution in [3.8, 4) is 0 Å². The molecule has 0 saturated carbocycles. The van der Waals surface area contributed by atoms with Crippen LogP contribution in [0.4, 0.5) is 0 Å². The highest BCUT2D eigenvalue weighted by atomic mass is 16.6. The number of nitro groups is 1. The minimum absolute atomic E-state index is 0.155. The van der Waals surface area contributed by atoms with Gasteiger partial charge in [-0.15, -0.1) is 0 Å². The molecule has 0 aromatic heterocycles. The Hall–Kier alpha value is -1.13. The molecule has 1 N–H and O–H groups in total. The molecule has 12 heavy (non-hydrogen) atoms. The summed E-state index contributed by atoms with van der Waals surface area (Å²) in [6, 6.07) is 0. The Morgan fingerprint density at radius 1 is 1.58 bits per heavy atom. The molecule has 0 aromatic carbocycles. The number of carbonyl (C=O) groups is 1. The van der Waals surface area contributed by atoms with Crippen molar-refractivity contribution in [2.24, 2.45) is 11.8 Å². The summed E-state index contributed by atoms with van der Waals surface area (Å²) in [6.45, 7) is 3.08. The maximum atomic E-state index is 10.4. The maximum absolute atomic E-state index is 10.4. The van der Waals surface area contributed by atoms with E-state index in [-0.39, 0.29) is 12.5 Å². The summed E-state index contributed by atoms with van der Waals surface area (Å²) >= 11 is 0. The molecule has 0 aliphatic rings. The van der Waals surface area contributed by atoms with Crippen molar-refractivity contribution in [2.45, 2.75) is 20.3 Å². The van der Waals surface area contributed by atoms with Crippen molar-refractivity contribution in [2.75, 3.05) is 6.54 Å². The van der Waals surface area contributed by atoms with Crippen LogP contribution in [0, 0.1) is 22.0 Å². The van der Waals surface area contributed by atoms with Gasteiger partial charge in [-0.3, -0.25) is 14.9 Å². The number of rotatable bonds is 5. The van der Waals surface area contributed by atoms with Crippen LogP contribution in [0.5, 0.6) is 0 Å². The van der Waals surface area contributed by atoms with Gasteiger partial charge in [-0.25, -0.2) is 0 Å². The van der Waals surface area contributed by atoms with Crippen LogP contribution >= 0.6 is 0 Å². The van der Waals surface area contributed by atoms with Crippen molar-refractivity contribution in [1.29, 1.82) is 0 Å². The van der Waals surface area contributed by atoms with E-state index in [0.717, 1.165) is 0 Å². The molecule has 0 fully saturated rings. The standard InChI is InChI=1S/C7H13NO4/c1-5(4-8(11)12)3-6(2)7(9)10/h5-6H,3-4H2,1-2H3,(H,9,10)/t5-,6+/m0/s1. The van der Waals surface area contributed by atoms with Crippen molar-refractivity contribution in [1.82, 2.24) is 0 Å². The van der Waals surface area contributed by atoms with Crippen LogP contribution < -0.4 is 0 Å². The normalized spacial score (nSPS) is 15.2. The first-order chi connectivity index (χ1) is 5.43. The second-order valence-corrected chi connectivity index (χ2v) is 3.10. The van der Waals surface area contributed by atoms with Gasteiger partial charge in [0.15, 0.2) is 0 Å². The van der Waals surface area contributed by atoms with Crippen LogP contribution in [0.3, 0.4) is 0 Å². The second-order valence-electron chi connectivity index (χ2n) is 3.10. The van der Waals surface area contributed by atoms with E-state index in [1.807, 2.05) is 0 Å². The number of nitrogens with zero attached hydrogens (tertiary/aromatic N) is 1. The minimum Gasteiger partial charge on any atom is -0.481 e. The summed E-state index contributed by atoms with van der Waals surface area (Å²) in [4.78, 5) is 20.0. The molecule has 0 rings (SSSR count). The Labute approximate surface area is 70.5 Å². The Morgan fingerprint density at radius 3 is 2.42 bits per heavy atom. The van der Waals surface area contributed by atoms with Gasteiger partial charge in [-0.05, 0) is 6.42 Å². The first-order valence-corrected chi connectivity index (χ1v) is 3.78. The summed E-state index contributed by atoms with van der Waals surface area (Å²) in [6.07, 6.45) is 0.357. The molecule has 5 nitrogen and oxygen atoms in total. The third-order valence-electron chi connectivity index (χ3n) is 1.64. The van der Waals surface area contributed by atoms with Gasteiger partial charge in [-0.1, -0.05) is 13.8 Å². The van der Waals surface area contributed by atoms with Gasteiger partial charge in [0.2, 0.25) is 6.54 Å². The highest BCUT2D eigenvalue weighted by molar-refractivity contribution is 5.69. The highest BCUT2D eigenvalue weighted by Gasteiger charge is 2.18. The molecule has 0 spiro atoms. The van der Waals surface area contributed by atoms with E-state index >= 15 is 0 Å². The predicted molar refractivity (Wildman–Crippen MR) is 42.4 cm³/mol. The molecule has 0 aliphatic carbocycles. The van der Waals surface area contributed by atoms with E-state index in [0.29, 0.717) is 6.42 Å². The number of aliphatic carboxylic acids is 1. The van der Waals surface area contributed by atoms with Gasteiger partial charge in [0.1, 0.15) is 0 Å². The first kappa shape index (κ1) is 10.9. The number of carboxylic acid groups (broad SMARTS) is 1. The van der Waals surface area contributed by atoms with Gasteiger partial charge in [0, 0.05) is 10.8 Å². The van der Waals surface area contributed by atoms with Crippen molar-refractivity contribution < 1.29 is 14.8 Å². The molecule has 0 amide bonds. The molecular formula is C7H13NO4. The topological polar surface area (TPSA) is 80.4 Å². The van der Waals surface area contributed by atoms with E-state index < -0.39 is 16.8 Å². The van der Waals surface area contributed by atoms with Gasteiger partial charge in [-0.2, -0.15) is 0 Å². The smallest absolute Gasteiger partial charge is 0.306 e. The van der Waals surface area contributed by atoms with E-state index in [1.165, 1.54) is 0 Å². The fourth-order valence-corrected chi connectivity index (χ4v) is 1.03. The molecule has 0 radical (unpaired) electrons. The monoisotopic (exact) mass is 175 g/mol. The van der Waals surface area contributed by atoms with Gasteiger partial charge in [0.05, 0.1) is 5.92 Å². The number of hydrogen-bond donors (Lipinski definition) is 1. The van der Waals surface area contributed by atoms with Crippen LogP contribution in [0.2, 0.25) is 0 Å².